The third-order valence-electron chi connectivity index (χ3n) is 2.25. The first-order chi connectivity index (χ1) is 8.70. The lowest BCUT2D eigenvalue weighted by atomic mass is 10.2. The van der Waals surface area contributed by atoms with Gasteiger partial charge in [0.15, 0.2) is 5.03 Å². The van der Waals surface area contributed by atoms with Gasteiger partial charge in [0.05, 0.1) is 0 Å². The minimum Gasteiger partial charge on any atom is -0.476 e. The molecule has 18 heavy (non-hydrogen) atoms. The number of H-pyrrole nitrogens is 1. The van der Waals surface area contributed by atoms with Gasteiger partial charge in [0.25, 0.3) is 0 Å². The Morgan fingerprint density at radius 1 is 1.33 bits per heavy atom. The molecule has 2 aromatic rings. The SMILES string of the molecule is CSc1ccc(CSc2n[nH]nc2C(=O)O)cc1. The van der Waals surface area contributed by atoms with E-state index in [1.54, 1.807) is 11.8 Å². The average molecular weight is 281 g/mol. The Balaban J connectivity index is 2.02. The van der Waals surface area contributed by atoms with E-state index >= 15 is 0 Å². The number of carboxylic acids is 1. The zero-order valence-electron chi connectivity index (χ0n) is 9.58. The van der Waals surface area contributed by atoms with E-state index < -0.39 is 5.97 Å². The first-order valence-corrected chi connectivity index (χ1v) is 7.31. The molecule has 0 radical (unpaired) electrons. The summed E-state index contributed by atoms with van der Waals surface area (Å²) in [6.45, 7) is 0. The van der Waals surface area contributed by atoms with Crippen molar-refractivity contribution in [1.82, 2.24) is 15.4 Å². The molecule has 5 nitrogen and oxygen atoms in total. The molecule has 0 amide bonds. The zero-order chi connectivity index (χ0) is 13.0. The van der Waals surface area contributed by atoms with Crippen LogP contribution in [0.1, 0.15) is 16.1 Å². The zero-order valence-corrected chi connectivity index (χ0v) is 11.2. The van der Waals surface area contributed by atoms with E-state index in [4.69, 9.17) is 5.11 Å². The number of hydrogen-bond donors (Lipinski definition) is 2. The molecule has 1 aromatic carbocycles. The number of thioether (sulfide) groups is 2. The fourth-order valence-corrected chi connectivity index (χ4v) is 2.61. The van der Waals surface area contributed by atoms with Gasteiger partial charge >= 0.3 is 5.97 Å². The monoisotopic (exact) mass is 281 g/mol. The van der Waals surface area contributed by atoms with Gasteiger partial charge in [-0.2, -0.15) is 5.21 Å². The number of carbonyl (C=O) groups is 1. The molecule has 94 valence electrons. The van der Waals surface area contributed by atoms with Crippen LogP contribution in [0, 0.1) is 0 Å². The highest BCUT2D eigenvalue weighted by molar-refractivity contribution is 7.98. The minimum atomic E-state index is -1.07. The van der Waals surface area contributed by atoms with Crippen LogP contribution < -0.4 is 0 Å². The van der Waals surface area contributed by atoms with Gasteiger partial charge in [-0.05, 0) is 24.0 Å². The normalized spacial score (nSPS) is 10.5. The smallest absolute Gasteiger partial charge is 0.359 e. The van der Waals surface area contributed by atoms with Crippen LogP contribution in [0.15, 0.2) is 34.2 Å². The first kappa shape index (κ1) is 13.0. The average Bonchev–Trinajstić information content (AvgIpc) is 2.85. The largest absolute Gasteiger partial charge is 0.476 e. The van der Waals surface area contributed by atoms with E-state index in [9.17, 15) is 4.79 Å². The summed E-state index contributed by atoms with van der Waals surface area (Å²) in [4.78, 5) is 12.0. The number of nitrogens with one attached hydrogen (secondary N) is 1. The lowest BCUT2D eigenvalue weighted by Crippen LogP contribution is -1.98. The molecule has 0 saturated carbocycles. The second kappa shape index (κ2) is 5.92. The van der Waals surface area contributed by atoms with Crippen molar-refractivity contribution >= 4 is 29.5 Å². The van der Waals surface area contributed by atoms with Crippen LogP contribution in [0.25, 0.3) is 0 Å². The Hall–Kier alpha value is -1.47. The quantitative estimate of drug-likeness (QED) is 0.820. The van der Waals surface area contributed by atoms with Crippen LogP contribution in [0.4, 0.5) is 0 Å². The topological polar surface area (TPSA) is 78.9 Å². The van der Waals surface area contributed by atoms with Gasteiger partial charge in [-0.25, -0.2) is 4.79 Å². The van der Waals surface area contributed by atoms with Gasteiger partial charge in [0.2, 0.25) is 5.69 Å². The van der Waals surface area contributed by atoms with Crippen molar-refractivity contribution in [1.29, 1.82) is 0 Å². The molecule has 2 N–H and O–H groups in total. The maximum Gasteiger partial charge on any atom is 0.359 e. The summed E-state index contributed by atoms with van der Waals surface area (Å²) < 4.78 is 0. The van der Waals surface area contributed by atoms with Crippen molar-refractivity contribution in [3.05, 3.63) is 35.5 Å². The summed E-state index contributed by atoms with van der Waals surface area (Å²) >= 11 is 3.04. The molecule has 1 aromatic heterocycles. The van der Waals surface area contributed by atoms with Crippen molar-refractivity contribution in [2.24, 2.45) is 0 Å². The number of rotatable bonds is 5. The predicted octanol–water partition coefficient (Wildman–Crippen LogP) is 2.52. The van der Waals surface area contributed by atoms with Crippen molar-refractivity contribution < 1.29 is 9.90 Å². The van der Waals surface area contributed by atoms with Crippen molar-refractivity contribution in [2.45, 2.75) is 15.7 Å². The summed E-state index contributed by atoms with van der Waals surface area (Å²) in [6, 6.07) is 8.14. The van der Waals surface area contributed by atoms with Crippen LogP contribution >= 0.6 is 23.5 Å². The molecular weight excluding hydrogens is 270 g/mol. The molecule has 1 heterocycles. The second-order valence-corrected chi connectivity index (χ2v) is 5.26. The van der Waals surface area contributed by atoms with Gasteiger partial charge in [0.1, 0.15) is 0 Å². The second-order valence-electron chi connectivity index (χ2n) is 3.42. The molecule has 0 spiro atoms. The fourth-order valence-electron chi connectivity index (χ4n) is 1.33. The molecule has 0 aliphatic carbocycles. The summed E-state index contributed by atoms with van der Waals surface area (Å²) in [6.07, 6.45) is 2.03. The third-order valence-corrected chi connectivity index (χ3v) is 4.03. The molecule has 0 atom stereocenters. The number of benzene rings is 1. The molecule has 0 aliphatic rings. The highest BCUT2D eigenvalue weighted by Crippen LogP contribution is 2.24. The van der Waals surface area contributed by atoms with E-state index in [-0.39, 0.29) is 5.69 Å². The summed E-state index contributed by atoms with van der Waals surface area (Å²) in [7, 11) is 0. The predicted molar refractivity (Wildman–Crippen MR) is 71.1 cm³/mol. The molecule has 7 heteroatoms. The van der Waals surface area contributed by atoms with Gasteiger partial charge in [-0.15, -0.1) is 22.0 Å². The number of nitrogens with zero attached hydrogens (tertiary/aromatic N) is 2. The highest BCUT2D eigenvalue weighted by Gasteiger charge is 2.15. The maximum absolute atomic E-state index is 10.8. The van der Waals surface area contributed by atoms with Gasteiger partial charge in [-0.1, -0.05) is 23.9 Å². The van der Waals surface area contributed by atoms with Gasteiger partial charge in [-0.3, -0.25) is 0 Å². The van der Waals surface area contributed by atoms with E-state index in [1.807, 2.05) is 30.5 Å². The van der Waals surface area contributed by atoms with Gasteiger partial charge < -0.3 is 5.11 Å². The molecule has 0 saturated heterocycles. The lowest BCUT2D eigenvalue weighted by molar-refractivity contribution is 0.0686. The lowest BCUT2D eigenvalue weighted by Gasteiger charge is -2.01. The standard InChI is InChI=1S/C11H11N3O2S2/c1-17-8-4-2-7(3-5-8)6-18-10-9(11(15)16)12-14-13-10/h2-5H,6H2,1H3,(H,15,16)(H,12,13,14). The Morgan fingerprint density at radius 3 is 2.67 bits per heavy atom. The summed E-state index contributed by atoms with van der Waals surface area (Å²) in [5, 5.41) is 19.0. The molecule has 2 rings (SSSR count). The Bertz CT molecular complexity index is 539. The minimum absolute atomic E-state index is 0.0271. The fraction of sp³-hybridized carbons (Fsp3) is 0.182. The van der Waals surface area contributed by atoms with Gasteiger partial charge in [0, 0.05) is 10.6 Å². The Kier molecular flexibility index (Phi) is 4.27. The number of hydrogen-bond acceptors (Lipinski definition) is 5. The molecule has 0 unspecified atom stereocenters. The van der Waals surface area contributed by atoms with E-state index in [2.05, 4.69) is 15.4 Å². The highest BCUT2D eigenvalue weighted by atomic mass is 32.2. The van der Waals surface area contributed by atoms with E-state index in [0.29, 0.717) is 10.8 Å². The van der Waals surface area contributed by atoms with Crippen molar-refractivity contribution in [2.75, 3.05) is 6.26 Å². The molecule has 0 bridgehead atoms. The van der Waals surface area contributed by atoms with Crippen LogP contribution in [0.2, 0.25) is 0 Å². The van der Waals surface area contributed by atoms with Crippen LogP contribution in [-0.4, -0.2) is 32.7 Å². The third kappa shape index (κ3) is 3.05. The van der Waals surface area contributed by atoms with Crippen LogP contribution in [0.3, 0.4) is 0 Å². The van der Waals surface area contributed by atoms with E-state index in [0.717, 1.165) is 5.56 Å². The molecule has 0 aliphatic heterocycles. The number of carboxylic acid groups (broad SMARTS) is 1. The molecule has 0 fully saturated rings. The van der Waals surface area contributed by atoms with E-state index in [1.165, 1.54) is 16.7 Å². The van der Waals surface area contributed by atoms with Crippen molar-refractivity contribution in [3.8, 4) is 0 Å². The maximum atomic E-state index is 10.8. The molecular formula is C11H11N3O2S2. The number of aromatic carboxylic acids is 1. The first-order valence-electron chi connectivity index (χ1n) is 5.10. The summed E-state index contributed by atoms with van der Waals surface area (Å²) in [5.41, 5.74) is 1.10. The van der Waals surface area contributed by atoms with Crippen LogP contribution in [0.5, 0.6) is 0 Å². The van der Waals surface area contributed by atoms with Crippen LogP contribution in [-0.2, 0) is 5.75 Å². The summed E-state index contributed by atoms with van der Waals surface area (Å²) in [5.74, 6) is -0.398. The Labute approximate surface area is 112 Å². The number of aromatic nitrogens is 3. The van der Waals surface area contributed by atoms with Crippen molar-refractivity contribution in [3.63, 3.8) is 0 Å². The Morgan fingerprint density at radius 2 is 2.06 bits per heavy atom. The number of aromatic amines is 1.